The van der Waals surface area contributed by atoms with Crippen LogP contribution in [0.3, 0.4) is 0 Å². The van der Waals surface area contributed by atoms with E-state index in [0.717, 1.165) is 21.1 Å². The summed E-state index contributed by atoms with van der Waals surface area (Å²) in [6.07, 6.45) is 1.56. The first-order chi connectivity index (χ1) is 16.0. The first kappa shape index (κ1) is 22.8. The van der Waals surface area contributed by atoms with Gasteiger partial charge in [-0.15, -0.1) is 0 Å². The number of nitrogens with zero attached hydrogens (tertiary/aromatic N) is 1. The molecule has 1 fully saturated rings. The molecule has 0 N–H and O–H groups in total. The van der Waals surface area contributed by atoms with Crippen molar-refractivity contribution < 1.29 is 23.9 Å². The highest BCUT2D eigenvalue weighted by Gasteiger charge is 2.35. The van der Waals surface area contributed by atoms with Crippen LogP contribution in [0.1, 0.15) is 15.9 Å². The Bertz CT molecular complexity index is 1210. The molecule has 1 aliphatic rings. The molecule has 166 valence electrons. The van der Waals surface area contributed by atoms with Gasteiger partial charge in [-0.25, -0.2) is 4.79 Å². The summed E-state index contributed by atoms with van der Waals surface area (Å²) in [5, 5.41) is -0.374. The Morgan fingerprint density at radius 1 is 0.970 bits per heavy atom. The molecule has 33 heavy (non-hydrogen) atoms. The van der Waals surface area contributed by atoms with Crippen LogP contribution < -0.4 is 9.47 Å². The average molecular weight is 524 g/mol. The Kier molecular flexibility index (Phi) is 7.26. The van der Waals surface area contributed by atoms with Gasteiger partial charge in [-0.2, -0.15) is 0 Å². The predicted molar refractivity (Wildman–Crippen MR) is 130 cm³/mol. The predicted octanol–water partition coefficient (Wildman–Crippen LogP) is 5.78. The van der Waals surface area contributed by atoms with Crippen molar-refractivity contribution in [2.75, 3.05) is 13.2 Å². The van der Waals surface area contributed by atoms with Crippen molar-refractivity contribution in [1.29, 1.82) is 0 Å². The van der Waals surface area contributed by atoms with E-state index < -0.39 is 11.9 Å². The van der Waals surface area contributed by atoms with E-state index in [2.05, 4.69) is 15.9 Å². The highest BCUT2D eigenvalue weighted by Crippen LogP contribution is 2.35. The van der Waals surface area contributed by atoms with Gasteiger partial charge in [0, 0.05) is 10.0 Å². The lowest BCUT2D eigenvalue weighted by molar-refractivity contribution is -0.123. The van der Waals surface area contributed by atoms with Crippen LogP contribution in [-0.2, 0) is 4.79 Å². The molecule has 0 aromatic heterocycles. The third kappa shape index (κ3) is 5.71. The van der Waals surface area contributed by atoms with Crippen molar-refractivity contribution >= 4 is 50.9 Å². The number of carbonyl (C=O) groups excluding carboxylic acids is 3. The molecular weight excluding hydrogens is 506 g/mol. The fourth-order valence-electron chi connectivity index (χ4n) is 3.06. The molecule has 1 saturated heterocycles. The van der Waals surface area contributed by atoms with Gasteiger partial charge in [0.2, 0.25) is 0 Å². The summed E-state index contributed by atoms with van der Waals surface area (Å²) in [7, 11) is 0. The molecule has 2 amide bonds. The molecule has 1 heterocycles. The molecule has 0 radical (unpaired) electrons. The molecule has 8 heteroatoms. The van der Waals surface area contributed by atoms with Crippen LogP contribution in [0.2, 0.25) is 0 Å². The van der Waals surface area contributed by atoms with Crippen LogP contribution in [0.25, 0.3) is 6.08 Å². The number of hydrogen-bond acceptors (Lipinski definition) is 6. The minimum Gasteiger partial charge on any atom is -0.492 e. The van der Waals surface area contributed by atoms with Gasteiger partial charge in [-0.05, 0) is 60.3 Å². The minimum absolute atomic E-state index is 0.130. The average Bonchev–Trinajstić information content (AvgIpc) is 3.09. The molecule has 6 nitrogen and oxygen atoms in total. The molecule has 0 aliphatic carbocycles. The smallest absolute Gasteiger partial charge is 0.343 e. The van der Waals surface area contributed by atoms with Crippen molar-refractivity contribution in [2.45, 2.75) is 0 Å². The number of halogens is 1. The number of ether oxygens (including phenoxy) is 2. The van der Waals surface area contributed by atoms with E-state index in [0.29, 0.717) is 16.9 Å². The first-order valence-electron chi connectivity index (χ1n) is 10.0. The van der Waals surface area contributed by atoms with Crippen molar-refractivity contribution in [2.24, 2.45) is 0 Å². The number of esters is 1. The summed E-state index contributed by atoms with van der Waals surface area (Å²) >= 11 is 4.24. The number of thioether (sulfide) groups is 1. The van der Waals surface area contributed by atoms with Crippen molar-refractivity contribution in [3.63, 3.8) is 0 Å². The van der Waals surface area contributed by atoms with Gasteiger partial charge in [0.25, 0.3) is 11.1 Å². The van der Waals surface area contributed by atoms with E-state index in [1.807, 2.05) is 24.3 Å². The Morgan fingerprint density at radius 3 is 2.39 bits per heavy atom. The highest BCUT2D eigenvalue weighted by molar-refractivity contribution is 9.10. The van der Waals surface area contributed by atoms with E-state index in [1.165, 1.54) is 0 Å². The molecular formula is C25H18BrNO5S. The second-order valence-electron chi connectivity index (χ2n) is 6.93. The standard InChI is InChI=1S/C25H18BrNO5S/c26-19-11-12-21(32-24(29)17-7-3-1-4-8-17)18(15-19)16-22-23(28)27(25(30)33-22)13-14-31-20-9-5-2-6-10-20/h1-12,15-16H,13-14H2/b22-16-. The van der Waals surface area contributed by atoms with E-state index >= 15 is 0 Å². The van der Waals surface area contributed by atoms with Gasteiger partial charge in [-0.1, -0.05) is 52.3 Å². The number of benzene rings is 3. The summed E-state index contributed by atoms with van der Waals surface area (Å²) in [6, 6.07) is 22.9. The monoisotopic (exact) mass is 523 g/mol. The van der Waals surface area contributed by atoms with Gasteiger partial charge >= 0.3 is 5.97 Å². The molecule has 1 aliphatic heterocycles. The summed E-state index contributed by atoms with van der Waals surface area (Å²) in [4.78, 5) is 39.1. The molecule has 3 aromatic rings. The van der Waals surface area contributed by atoms with Crippen LogP contribution in [0, 0.1) is 0 Å². The molecule has 3 aromatic carbocycles. The van der Waals surface area contributed by atoms with Crippen molar-refractivity contribution in [1.82, 2.24) is 4.90 Å². The van der Waals surface area contributed by atoms with Crippen LogP contribution in [0.4, 0.5) is 4.79 Å². The fraction of sp³-hybridized carbons (Fsp3) is 0.0800. The van der Waals surface area contributed by atoms with E-state index in [-0.39, 0.29) is 29.0 Å². The van der Waals surface area contributed by atoms with Crippen LogP contribution in [-0.4, -0.2) is 35.2 Å². The maximum atomic E-state index is 12.8. The highest BCUT2D eigenvalue weighted by atomic mass is 79.9. The lowest BCUT2D eigenvalue weighted by atomic mass is 10.1. The summed E-state index contributed by atoms with van der Waals surface area (Å²) in [6.45, 7) is 0.317. The van der Waals surface area contributed by atoms with Crippen molar-refractivity contribution in [3.05, 3.63) is 99.4 Å². The quantitative estimate of drug-likeness (QED) is 0.222. The van der Waals surface area contributed by atoms with Crippen LogP contribution in [0.5, 0.6) is 11.5 Å². The van der Waals surface area contributed by atoms with Gasteiger partial charge in [0.15, 0.2) is 0 Å². The number of para-hydroxylation sites is 1. The van der Waals surface area contributed by atoms with Gasteiger partial charge in [0.1, 0.15) is 18.1 Å². The molecule has 4 rings (SSSR count). The first-order valence-corrected chi connectivity index (χ1v) is 11.6. The zero-order valence-corrected chi connectivity index (χ0v) is 19.7. The molecule has 0 saturated carbocycles. The van der Waals surface area contributed by atoms with E-state index in [9.17, 15) is 14.4 Å². The van der Waals surface area contributed by atoms with Gasteiger partial charge in [0.05, 0.1) is 17.0 Å². The molecule has 0 unspecified atom stereocenters. The van der Waals surface area contributed by atoms with Crippen LogP contribution >= 0.6 is 27.7 Å². The van der Waals surface area contributed by atoms with Gasteiger partial charge in [-0.3, -0.25) is 14.5 Å². The van der Waals surface area contributed by atoms with Crippen LogP contribution in [0.15, 0.2) is 88.2 Å². The second-order valence-corrected chi connectivity index (χ2v) is 8.84. The number of rotatable bonds is 7. The third-order valence-corrected chi connectivity index (χ3v) is 6.07. The van der Waals surface area contributed by atoms with E-state index in [4.69, 9.17) is 9.47 Å². The fourth-order valence-corrected chi connectivity index (χ4v) is 4.30. The molecule has 0 spiro atoms. The molecule has 0 atom stereocenters. The van der Waals surface area contributed by atoms with E-state index in [1.54, 1.807) is 60.7 Å². The number of carbonyl (C=O) groups is 3. The maximum Gasteiger partial charge on any atom is 0.343 e. The minimum atomic E-state index is -0.515. The summed E-state index contributed by atoms with van der Waals surface area (Å²) < 4.78 is 11.9. The normalized spacial score (nSPS) is 14.6. The number of amides is 2. The Balaban J connectivity index is 1.49. The second kappa shape index (κ2) is 10.5. The SMILES string of the molecule is O=C(Oc1ccc(Br)cc1/C=C1\SC(=O)N(CCOc2ccccc2)C1=O)c1ccccc1. The van der Waals surface area contributed by atoms with Gasteiger partial charge < -0.3 is 9.47 Å². The number of imide groups is 1. The number of hydrogen-bond donors (Lipinski definition) is 0. The zero-order valence-electron chi connectivity index (χ0n) is 17.3. The molecule has 0 bridgehead atoms. The Morgan fingerprint density at radius 2 is 1.67 bits per heavy atom. The Hall–Kier alpha value is -3.36. The third-order valence-electron chi connectivity index (χ3n) is 4.67. The maximum absolute atomic E-state index is 12.8. The largest absolute Gasteiger partial charge is 0.492 e. The Labute approximate surface area is 203 Å². The summed E-state index contributed by atoms with van der Waals surface area (Å²) in [5.41, 5.74) is 0.907. The van der Waals surface area contributed by atoms with Crippen molar-refractivity contribution in [3.8, 4) is 11.5 Å². The lowest BCUT2D eigenvalue weighted by Crippen LogP contribution is -2.32. The lowest BCUT2D eigenvalue weighted by Gasteiger charge is -2.13. The zero-order chi connectivity index (χ0) is 23.2. The summed E-state index contributed by atoms with van der Waals surface area (Å²) in [5.74, 6) is 0.0194. The topological polar surface area (TPSA) is 72.9 Å².